The zero-order valence-corrected chi connectivity index (χ0v) is 16.9. The summed E-state index contributed by atoms with van der Waals surface area (Å²) in [5, 5.41) is 8.61. The fraction of sp³-hybridized carbons (Fsp3) is 0.389. The van der Waals surface area contributed by atoms with Gasteiger partial charge in [0.15, 0.2) is 0 Å². The van der Waals surface area contributed by atoms with E-state index in [4.69, 9.17) is 0 Å². The fourth-order valence-corrected chi connectivity index (χ4v) is 3.54. The van der Waals surface area contributed by atoms with E-state index in [2.05, 4.69) is 31.5 Å². The number of nitrogens with one attached hydrogen (secondary N) is 2. The average Bonchev–Trinajstić information content (AvgIpc) is 3.02. The van der Waals surface area contributed by atoms with Crippen molar-refractivity contribution in [1.82, 2.24) is 15.6 Å². The number of unbranched alkanes of at least 4 members (excludes halogenated alkanes) is 1. The van der Waals surface area contributed by atoms with Crippen LogP contribution in [0.4, 0.5) is 4.39 Å². The molecule has 0 aliphatic rings. The largest absolute Gasteiger partial charge is 0.356 e. The predicted octanol–water partition coefficient (Wildman–Crippen LogP) is 3.61. The molecule has 140 valence electrons. The quantitative estimate of drug-likeness (QED) is 0.583. The van der Waals surface area contributed by atoms with Crippen LogP contribution < -0.4 is 10.6 Å². The molecule has 2 N–H and O–H groups in total. The molecule has 8 heteroatoms. The van der Waals surface area contributed by atoms with Crippen molar-refractivity contribution in [3.05, 3.63) is 50.1 Å². The monoisotopic (exact) mass is 441 g/mol. The van der Waals surface area contributed by atoms with Crippen LogP contribution in [-0.4, -0.2) is 29.9 Å². The summed E-state index contributed by atoms with van der Waals surface area (Å²) < 4.78 is 13.7. The molecule has 0 fully saturated rings. The molecule has 2 rings (SSSR count). The molecule has 0 aliphatic carbocycles. The Labute approximate surface area is 164 Å². The minimum absolute atomic E-state index is 0.117. The van der Waals surface area contributed by atoms with E-state index in [1.54, 1.807) is 11.3 Å². The first kappa shape index (κ1) is 20.5. The molecule has 2 aromatic rings. The summed E-state index contributed by atoms with van der Waals surface area (Å²) in [6.45, 7) is 2.78. The number of hydrogen-bond donors (Lipinski definition) is 2. The van der Waals surface area contributed by atoms with Gasteiger partial charge in [-0.2, -0.15) is 0 Å². The Bertz CT molecular complexity index is 767. The Kier molecular flexibility index (Phi) is 8.18. The third-order valence-electron chi connectivity index (χ3n) is 3.62. The molecule has 0 unspecified atom stereocenters. The van der Waals surface area contributed by atoms with Crippen molar-refractivity contribution in [3.63, 3.8) is 0 Å². The average molecular weight is 442 g/mol. The summed E-state index contributed by atoms with van der Waals surface area (Å²) in [6, 6.07) is 3.90. The second-order valence-electron chi connectivity index (χ2n) is 5.82. The Morgan fingerprint density at radius 2 is 2.04 bits per heavy atom. The number of carbonyl (C=O) groups is 2. The first-order chi connectivity index (χ1) is 12.5. The molecule has 1 aromatic carbocycles. The predicted molar refractivity (Wildman–Crippen MR) is 104 cm³/mol. The number of rotatable bonds is 9. The summed E-state index contributed by atoms with van der Waals surface area (Å²) in [7, 11) is 0. The molecule has 0 atom stereocenters. The number of nitrogens with zero attached hydrogens (tertiary/aromatic N) is 1. The van der Waals surface area contributed by atoms with E-state index < -0.39 is 11.7 Å². The minimum atomic E-state index is -0.482. The van der Waals surface area contributed by atoms with E-state index in [0.29, 0.717) is 11.0 Å². The molecule has 0 bridgehead atoms. The van der Waals surface area contributed by atoms with Crippen molar-refractivity contribution in [2.24, 2.45) is 0 Å². The van der Waals surface area contributed by atoms with E-state index in [9.17, 15) is 14.0 Å². The van der Waals surface area contributed by atoms with Gasteiger partial charge in [0, 0.05) is 35.1 Å². The lowest BCUT2D eigenvalue weighted by molar-refractivity contribution is -0.120. The van der Waals surface area contributed by atoms with Gasteiger partial charge in [-0.05, 0) is 60.3 Å². The van der Waals surface area contributed by atoms with Crippen LogP contribution in [0.25, 0.3) is 0 Å². The molecule has 2 amide bonds. The van der Waals surface area contributed by atoms with Crippen molar-refractivity contribution >= 4 is 39.1 Å². The van der Waals surface area contributed by atoms with Crippen LogP contribution in [-0.2, 0) is 11.2 Å². The maximum absolute atomic E-state index is 13.2. The Balaban J connectivity index is 1.58. The van der Waals surface area contributed by atoms with Crippen LogP contribution in [0.5, 0.6) is 0 Å². The molecule has 5 nitrogen and oxygen atoms in total. The van der Waals surface area contributed by atoms with E-state index in [0.717, 1.165) is 36.0 Å². The lowest BCUT2D eigenvalue weighted by atomic mass is 10.2. The summed E-state index contributed by atoms with van der Waals surface area (Å²) in [4.78, 5) is 28.2. The molecule has 1 aromatic heterocycles. The first-order valence-corrected chi connectivity index (χ1v) is 10.0. The summed E-state index contributed by atoms with van der Waals surface area (Å²) >= 11 is 4.87. The van der Waals surface area contributed by atoms with Crippen LogP contribution in [0.1, 0.15) is 40.3 Å². The number of carbonyl (C=O) groups excluding carboxylic acids is 2. The van der Waals surface area contributed by atoms with Crippen molar-refractivity contribution < 1.29 is 14.0 Å². The maximum Gasteiger partial charge on any atom is 0.252 e. The third-order valence-corrected chi connectivity index (χ3v) is 5.33. The second-order valence-corrected chi connectivity index (χ2v) is 7.62. The van der Waals surface area contributed by atoms with E-state index in [1.807, 2.05) is 12.3 Å². The summed E-state index contributed by atoms with van der Waals surface area (Å²) in [6.07, 6.45) is 2.96. The van der Waals surface area contributed by atoms with Crippen LogP contribution in [0.15, 0.2) is 28.1 Å². The first-order valence-electron chi connectivity index (χ1n) is 8.36. The SMILES string of the molecule is Cc1csc(CCCCNC(=O)CCNC(=O)c2cc(F)ccc2Br)n1. The van der Waals surface area contributed by atoms with Crippen LogP contribution in [0, 0.1) is 12.7 Å². The van der Waals surface area contributed by atoms with E-state index in [-0.39, 0.29) is 24.4 Å². The lowest BCUT2D eigenvalue weighted by Crippen LogP contribution is -2.31. The molecule has 1 heterocycles. The fourth-order valence-electron chi connectivity index (χ4n) is 2.29. The van der Waals surface area contributed by atoms with Crippen LogP contribution in [0.3, 0.4) is 0 Å². The highest BCUT2D eigenvalue weighted by Crippen LogP contribution is 2.17. The maximum atomic E-state index is 13.2. The van der Waals surface area contributed by atoms with Crippen molar-refractivity contribution in [2.75, 3.05) is 13.1 Å². The Morgan fingerprint density at radius 1 is 1.23 bits per heavy atom. The number of halogens is 2. The molecule has 0 aliphatic heterocycles. The van der Waals surface area contributed by atoms with Gasteiger partial charge < -0.3 is 10.6 Å². The van der Waals surface area contributed by atoms with Crippen LogP contribution >= 0.6 is 27.3 Å². The summed E-state index contributed by atoms with van der Waals surface area (Å²) in [5.41, 5.74) is 1.26. The second kappa shape index (κ2) is 10.4. The van der Waals surface area contributed by atoms with Crippen molar-refractivity contribution in [1.29, 1.82) is 0 Å². The van der Waals surface area contributed by atoms with Crippen LogP contribution in [0.2, 0.25) is 0 Å². The number of benzene rings is 1. The molecular formula is C18H21BrFN3O2S. The minimum Gasteiger partial charge on any atom is -0.356 e. The number of amides is 2. The molecule has 0 saturated carbocycles. The zero-order valence-electron chi connectivity index (χ0n) is 14.5. The highest BCUT2D eigenvalue weighted by Gasteiger charge is 2.11. The van der Waals surface area contributed by atoms with E-state index >= 15 is 0 Å². The van der Waals surface area contributed by atoms with Gasteiger partial charge in [0.1, 0.15) is 5.82 Å². The Morgan fingerprint density at radius 3 is 2.77 bits per heavy atom. The van der Waals surface area contributed by atoms with Gasteiger partial charge in [-0.3, -0.25) is 9.59 Å². The van der Waals surface area contributed by atoms with Gasteiger partial charge in [-0.25, -0.2) is 9.37 Å². The lowest BCUT2D eigenvalue weighted by Gasteiger charge is -2.08. The number of thiazole rings is 1. The van der Waals surface area contributed by atoms with Gasteiger partial charge in [-0.1, -0.05) is 0 Å². The number of aryl methyl sites for hydroxylation is 2. The molecule has 26 heavy (non-hydrogen) atoms. The molecular weight excluding hydrogens is 421 g/mol. The highest BCUT2D eigenvalue weighted by molar-refractivity contribution is 9.10. The Hall–Kier alpha value is -1.80. The normalized spacial score (nSPS) is 10.6. The zero-order chi connectivity index (χ0) is 18.9. The number of aromatic nitrogens is 1. The van der Waals surface area contributed by atoms with Gasteiger partial charge in [0.05, 0.1) is 10.6 Å². The third kappa shape index (κ3) is 6.84. The highest BCUT2D eigenvalue weighted by atomic mass is 79.9. The topological polar surface area (TPSA) is 71.1 Å². The number of hydrogen-bond acceptors (Lipinski definition) is 4. The van der Waals surface area contributed by atoms with Gasteiger partial charge in [0.25, 0.3) is 5.91 Å². The van der Waals surface area contributed by atoms with Crippen molar-refractivity contribution in [2.45, 2.75) is 32.6 Å². The van der Waals surface area contributed by atoms with Gasteiger partial charge in [-0.15, -0.1) is 11.3 Å². The molecule has 0 saturated heterocycles. The van der Waals surface area contributed by atoms with Gasteiger partial charge in [0.2, 0.25) is 5.91 Å². The molecule has 0 spiro atoms. The van der Waals surface area contributed by atoms with E-state index in [1.165, 1.54) is 12.1 Å². The summed E-state index contributed by atoms with van der Waals surface area (Å²) in [5.74, 6) is -1.01. The van der Waals surface area contributed by atoms with Gasteiger partial charge >= 0.3 is 0 Å². The van der Waals surface area contributed by atoms with Crippen molar-refractivity contribution in [3.8, 4) is 0 Å². The standard InChI is InChI=1S/C18H21BrFN3O2S/c1-12-11-26-17(23-12)4-2-3-8-21-16(24)7-9-22-18(25)14-10-13(20)5-6-15(14)19/h5-6,10-11H,2-4,7-9H2,1H3,(H,21,24)(H,22,25). The smallest absolute Gasteiger partial charge is 0.252 e. The molecule has 0 radical (unpaired) electrons.